The lowest BCUT2D eigenvalue weighted by Crippen LogP contribution is -2.44. The number of aromatic nitrogens is 2. The first-order valence-electron chi connectivity index (χ1n) is 7.38. The number of piperidine rings is 1. The molecule has 1 amide bonds. The summed E-state index contributed by atoms with van der Waals surface area (Å²) in [6.45, 7) is 3.58. The molecule has 110 valence electrons. The zero-order valence-corrected chi connectivity index (χ0v) is 11.9. The van der Waals surface area contributed by atoms with Crippen LogP contribution < -0.4 is 5.73 Å². The van der Waals surface area contributed by atoms with Crippen molar-refractivity contribution in [3.63, 3.8) is 0 Å². The third-order valence-corrected chi connectivity index (χ3v) is 4.29. The van der Waals surface area contributed by atoms with E-state index in [4.69, 9.17) is 10.5 Å². The van der Waals surface area contributed by atoms with E-state index in [2.05, 4.69) is 5.10 Å². The fraction of sp³-hybridized carbons (Fsp3) is 0.714. The molecule has 2 N–H and O–H groups in total. The highest BCUT2D eigenvalue weighted by Gasteiger charge is 2.33. The minimum Gasteiger partial charge on any atom is -0.382 e. The Morgan fingerprint density at radius 3 is 2.65 bits per heavy atom. The summed E-state index contributed by atoms with van der Waals surface area (Å²) >= 11 is 0. The van der Waals surface area contributed by atoms with E-state index in [1.807, 2.05) is 28.8 Å². The Labute approximate surface area is 118 Å². The van der Waals surface area contributed by atoms with Crippen LogP contribution in [0.25, 0.3) is 0 Å². The van der Waals surface area contributed by atoms with E-state index >= 15 is 0 Å². The van der Waals surface area contributed by atoms with Gasteiger partial charge in [0, 0.05) is 19.3 Å². The Hall–Kier alpha value is -1.56. The number of anilines is 1. The number of ether oxygens (including phenoxy) is 1. The molecule has 0 radical (unpaired) electrons. The van der Waals surface area contributed by atoms with Crippen LogP contribution in [0.15, 0.2) is 12.3 Å². The second-order valence-electron chi connectivity index (χ2n) is 5.79. The highest BCUT2D eigenvalue weighted by atomic mass is 16.5. The van der Waals surface area contributed by atoms with Crippen LogP contribution in [-0.4, -0.2) is 45.9 Å². The number of carbonyl (C=O) groups excluding carboxylic acids is 1. The SMILES string of the molecule is CC1CCC(C(=O)N2CCC(n3ccc(N)n3)CC2)O1. The van der Waals surface area contributed by atoms with Gasteiger partial charge in [-0.2, -0.15) is 5.10 Å². The van der Waals surface area contributed by atoms with Crippen LogP contribution in [0.1, 0.15) is 38.6 Å². The van der Waals surface area contributed by atoms with Crippen molar-refractivity contribution >= 4 is 11.7 Å². The van der Waals surface area contributed by atoms with E-state index in [-0.39, 0.29) is 18.1 Å². The van der Waals surface area contributed by atoms with E-state index in [1.54, 1.807) is 0 Å². The molecule has 2 aliphatic heterocycles. The van der Waals surface area contributed by atoms with E-state index in [0.29, 0.717) is 11.9 Å². The highest BCUT2D eigenvalue weighted by molar-refractivity contribution is 5.81. The number of hydrogen-bond donors (Lipinski definition) is 1. The van der Waals surface area contributed by atoms with Crippen molar-refractivity contribution in [2.75, 3.05) is 18.8 Å². The maximum Gasteiger partial charge on any atom is 0.251 e. The van der Waals surface area contributed by atoms with Gasteiger partial charge >= 0.3 is 0 Å². The van der Waals surface area contributed by atoms with Gasteiger partial charge < -0.3 is 15.4 Å². The monoisotopic (exact) mass is 278 g/mol. The number of amides is 1. The largest absolute Gasteiger partial charge is 0.382 e. The van der Waals surface area contributed by atoms with E-state index in [9.17, 15) is 4.79 Å². The molecule has 6 nitrogen and oxygen atoms in total. The Bertz CT molecular complexity index is 479. The molecule has 3 heterocycles. The van der Waals surface area contributed by atoms with Crippen molar-refractivity contribution in [1.82, 2.24) is 14.7 Å². The lowest BCUT2D eigenvalue weighted by atomic mass is 10.0. The molecular formula is C14H22N4O2. The first-order chi connectivity index (χ1) is 9.63. The fourth-order valence-electron chi connectivity index (χ4n) is 3.09. The molecule has 0 saturated carbocycles. The zero-order chi connectivity index (χ0) is 14.1. The van der Waals surface area contributed by atoms with Crippen LogP contribution in [0.2, 0.25) is 0 Å². The predicted octanol–water partition coefficient (Wildman–Crippen LogP) is 1.20. The standard InChI is InChI=1S/C14H22N4O2/c1-10-2-3-12(20-10)14(19)17-7-4-11(5-8-17)18-9-6-13(15)16-18/h6,9-12H,2-5,7-8H2,1H3,(H2,15,16). The highest BCUT2D eigenvalue weighted by Crippen LogP contribution is 2.26. The van der Waals surface area contributed by atoms with Gasteiger partial charge in [-0.1, -0.05) is 0 Å². The van der Waals surface area contributed by atoms with Crippen LogP contribution in [-0.2, 0) is 9.53 Å². The van der Waals surface area contributed by atoms with Gasteiger partial charge in [0.15, 0.2) is 0 Å². The van der Waals surface area contributed by atoms with Crippen molar-refractivity contribution in [1.29, 1.82) is 0 Å². The Balaban J connectivity index is 1.54. The molecule has 2 unspecified atom stereocenters. The first-order valence-corrected chi connectivity index (χ1v) is 7.38. The summed E-state index contributed by atoms with van der Waals surface area (Å²) in [5.41, 5.74) is 5.64. The van der Waals surface area contributed by atoms with Crippen molar-refractivity contribution < 1.29 is 9.53 Å². The molecule has 0 aliphatic carbocycles. The molecule has 2 fully saturated rings. The maximum absolute atomic E-state index is 12.4. The first kappa shape index (κ1) is 13.4. The van der Waals surface area contributed by atoms with Gasteiger partial charge in [-0.3, -0.25) is 9.48 Å². The van der Waals surface area contributed by atoms with Crippen LogP contribution >= 0.6 is 0 Å². The van der Waals surface area contributed by atoms with Gasteiger partial charge in [-0.15, -0.1) is 0 Å². The van der Waals surface area contributed by atoms with Gasteiger partial charge in [0.05, 0.1) is 12.1 Å². The Kier molecular flexibility index (Phi) is 3.65. The van der Waals surface area contributed by atoms with Gasteiger partial charge in [-0.05, 0) is 38.7 Å². The molecule has 20 heavy (non-hydrogen) atoms. The fourth-order valence-corrected chi connectivity index (χ4v) is 3.09. The van der Waals surface area contributed by atoms with Crippen molar-refractivity contribution in [2.45, 2.75) is 50.9 Å². The summed E-state index contributed by atoms with van der Waals surface area (Å²) in [7, 11) is 0. The van der Waals surface area contributed by atoms with Crippen LogP contribution in [0, 0.1) is 0 Å². The Morgan fingerprint density at radius 2 is 2.10 bits per heavy atom. The van der Waals surface area contributed by atoms with Crippen molar-refractivity contribution in [3.8, 4) is 0 Å². The van der Waals surface area contributed by atoms with Gasteiger partial charge in [0.1, 0.15) is 11.9 Å². The molecule has 2 aliphatic rings. The van der Waals surface area contributed by atoms with Gasteiger partial charge in [0.2, 0.25) is 0 Å². The summed E-state index contributed by atoms with van der Waals surface area (Å²) in [5.74, 6) is 0.713. The summed E-state index contributed by atoms with van der Waals surface area (Å²) in [6.07, 6.45) is 5.61. The molecule has 1 aromatic rings. The molecule has 6 heteroatoms. The maximum atomic E-state index is 12.4. The minimum absolute atomic E-state index is 0.160. The molecule has 3 rings (SSSR count). The van der Waals surface area contributed by atoms with Crippen LogP contribution in [0.5, 0.6) is 0 Å². The summed E-state index contributed by atoms with van der Waals surface area (Å²) in [5, 5.41) is 4.26. The van der Waals surface area contributed by atoms with Gasteiger partial charge in [-0.25, -0.2) is 0 Å². The third kappa shape index (κ3) is 2.65. The average Bonchev–Trinajstić information content (AvgIpc) is 3.07. The summed E-state index contributed by atoms with van der Waals surface area (Å²) < 4.78 is 7.59. The quantitative estimate of drug-likeness (QED) is 0.882. The molecular weight excluding hydrogens is 256 g/mol. The van der Waals surface area contributed by atoms with Crippen molar-refractivity contribution in [3.05, 3.63) is 12.3 Å². The smallest absolute Gasteiger partial charge is 0.251 e. The lowest BCUT2D eigenvalue weighted by Gasteiger charge is -2.33. The molecule has 2 atom stereocenters. The second kappa shape index (κ2) is 5.44. The van der Waals surface area contributed by atoms with E-state index in [1.165, 1.54) is 0 Å². The van der Waals surface area contributed by atoms with E-state index in [0.717, 1.165) is 38.8 Å². The number of likely N-dealkylation sites (tertiary alicyclic amines) is 1. The minimum atomic E-state index is -0.220. The number of nitrogens with two attached hydrogens (primary N) is 1. The average molecular weight is 278 g/mol. The predicted molar refractivity (Wildman–Crippen MR) is 75.1 cm³/mol. The van der Waals surface area contributed by atoms with Crippen molar-refractivity contribution in [2.24, 2.45) is 0 Å². The normalized spacial score (nSPS) is 27.9. The third-order valence-electron chi connectivity index (χ3n) is 4.29. The number of carbonyl (C=O) groups is 1. The van der Waals surface area contributed by atoms with Crippen LogP contribution in [0.4, 0.5) is 5.82 Å². The molecule has 0 bridgehead atoms. The molecule has 1 aromatic heterocycles. The number of nitrogens with zero attached hydrogens (tertiary/aromatic N) is 3. The Morgan fingerprint density at radius 1 is 1.35 bits per heavy atom. The second-order valence-corrected chi connectivity index (χ2v) is 5.79. The summed E-state index contributed by atoms with van der Waals surface area (Å²) in [4.78, 5) is 14.3. The molecule has 0 spiro atoms. The van der Waals surface area contributed by atoms with Gasteiger partial charge in [0.25, 0.3) is 5.91 Å². The number of hydrogen-bond acceptors (Lipinski definition) is 4. The topological polar surface area (TPSA) is 73.4 Å². The molecule has 0 aromatic carbocycles. The summed E-state index contributed by atoms with van der Waals surface area (Å²) in [6, 6.07) is 2.16. The lowest BCUT2D eigenvalue weighted by molar-refractivity contribution is -0.144. The van der Waals surface area contributed by atoms with Crippen LogP contribution in [0.3, 0.4) is 0 Å². The zero-order valence-electron chi connectivity index (χ0n) is 11.9. The number of rotatable bonds is 2. The van der Waals surface area contributed by atoms with E-state index < -0.39 is 0 Å². The number of nitrogen functional groups attached to an aromatic ring is 1. The molecule has 2 saturated heterocycles.